The van der Waals surface area contributed by atoms with E-state index in [4.69, 9.17) is 0 Å². The van der Waals surface area contributed by atoms with Gasteiger partial charge in [-0.2, -0.15) is 5.26 Å². The summed E-state index contributed by atoms with van der Waals surface area (Å²) in [6.45, 7) is 0. The van der Waals surface area contributed by atoms with Crippen LogP contribution in [0.2, 0.25) is 0 Å². The number of rotatable bonds is 3. The van der Waals surface area contributed by atoms with Crippen molar-refractivity contribution in [1.29, 1.82) is 5.26 Å². The first-order valence-corrected chi connectivity index (χ1v) is 8.80. The number of nitrogens with one attached hydrogen (secondary N) is 1. The van der Waals surface area contributed by atoms with E-state index in [0.717, 1.165) is 26.7 Å². The normalized spacial score (nSPS) is 11.6. The van der Waals surface area contributed by atoms with Gasteiger partial charge in [0.2, 0.25) is 0 Å². The number of thiazole rings is 1. The lowest BCUT2D eigenvalue weighted by molar-refractivity contribution is -0.112. The molecule has 26 heavy (non-hydrogen) atoms. The van der Waals surface area contributed by atoms with E-state index >= 15 is 0 Å². The Balaban J connectivity index is 1.66. The molecular weight excluding hydrogens is 344 g/mol. The Morgan fingerprint density at radius 1 is 1.23 bits per heavy atom. The highest BCUT2D eigenvalue weighted by Gasteiger charge is 2.14. The lowest BCUT2D eigenvalue weighted by Crippen LogP contribution is -2.13. The fraction of sp³-hybridized carbons (Fsp3) is 0.0500. The van der Waals surface area contributed by atoms with Gasteiger partial charge in [0, 0.05) is 29.7 Å². The maximum atomic E-state index is 12.5. The number of nitrogens with zero attached hydrogens (tertiary/aromatic N) is 3. The fourth-order valence-electron chi connectivity index (χ4n) is 2.88. The third-order valence-electron chi connectivity index (χ3n) is 4.11. The first-order chi connectivity index (χ1) is 12.7. The number of nitriles is 1. The van der Waals surface area contributed by atoms with Crippen molar-refractivity contribution in [3.05, 3.63) is 65.9 Å². The third kappa shape index (κ3) is 2.85. The molecule has 5 nitrogen and oxygen atoms in total. The molecule has 6 heteroatoms. The number of hydrogen-bond acceptors (Lipinski definition) is 4. The van der Waals surface area contributed by atoms with Crippen LogP contribution in [0.1, 0.15) is 5.56 Å². The molecular formula is C20H14N4OS. The zero-order valence-corrected chi connectivity index (χ0v) is 14.7. The second-order valence-corrected chi connectivity index (χ2v) is 6.85. The summed E-state index contributed by atoms with van der Waals surface area (Å²) >= 11 is 1.38. The highest BCUT2D eigenvalue weighted by Crippen LogP contribution is 2.26. The number of benzene rings is 2. The number of amides is 1. The molecule has 1 amide bonds. The first-order valence-electron chi connectivity index (χ1n) is 7.98. The predicted molar refractivity (Wildman–Crippen MR) is 105 cm³/mol. The van der Waals surface area contributed by atoms with E-state index in [1.165, 1.54) is 11.3 Å². The third-order valence-corrected chi connectivity index (χ3v) is 5.06. The highest BCUT2D eigenvalue weighted by molar-refractivity contribution is 7.22. The van der Waals surface area contributed by atoms with Crippen molar-refractivity contribution >= 4 is 49.6 Å². The number of aromatic nitrogens is 2. The Morgan fingerprint density at radius 2 is 2.00 bits per heavy atom. The van der Waals surface area contributed by atoms with Crippen molar-refractivity contribution in [2.45, 2.75) is 0 Å². The molecule has 0 aliphatic carbocycles. The summed E-state index contributed by atoms with van der Waals surface area (Å²) in [5.74, 6) is -0.459. The zero-order valence-electron chi connectivity index (χ0n) is 13.9. The van der Waals surface area contributed by atoms with Crippen molar-refractivity contribution in [3.8, 4) is 6.07 Å². The Bertz CT molecular complexity index is 1180. The maximum Gasteiger partial charge on any atom is 0.268 e. The number of para-hydroxylation sites is 2. The van der Waals surface area contributed by atoms with Gasteiger partial charge in [0.1, 0.15) is 11.6 Å². The van der Waals surface area contributed by atoms with Crippen LogP contribution in [0.4, 0.5) is 5.13 Å². The van der Waals surface area contributed by atoms with Gasteiger partial charge in [0.05, 0.1) is 10.2 Å². The molecule has 0 radical (unpaired) electrons. The molecule has 0 bridgehead atoms. The van der Waals surface area contributed by atoms with Crippen LogP contribution in [0.3, 0.4) is 0 Å². The lowest BCUT2D eigenvalue weighted by atomic mass is 10.1. The maximum absolute atomic E-state index is 12.5. The van der Waals surface area contributed by atoms with Gasteiger partial charge in [-0.1, -0.05) is 41.7 Å². The molecule has 126 valence electrons. The molecule has 0 aliphatic heterocycles. The highest BCUT2D eigenvalue weighted by atomic mass is 32.1. The van der Waals surface area contributed by atoms with E-state index in [0.29, 0.717) is 5.13 Å². The van der Waals surface area contributed by atoms with Crippen LogP contribution in [0.5, 0.6) is 0 Å². The molecule has 4 aromatic rings. The predicted octanol–water partition coefficient (Wildman–Crippen LogP) is 4.33. The molecule has 2 aromatic carbocycles. The summed E-state index contributed by atoms with van der Waals surface area (Å²) in [6, 6.07) is 17.5. The Morgan fingerprint density at radius 3 is 2.81 bits per heavy atom. The van der Waals surface area contributed by atoms with Crippen molar-refractivity contribution in [2.24, 2.45) is 7.05 Å². The zero-order chi connectivity index (χ0) is 18.1. The van der Waals surface area contributed by atoms with Gasteiger partial charge in [-0.05, 0) is 24.3 Å². The summed E-state index contributed by atoms with van der Waals surface area (Å²) in [4.78, 5) is 16.9. The summed E-state index contributed by atoms with van der Waals surface area (Å²) in [6.07, 6.45) is 3.53. The van der Waals surface area contributed by atoms with Crippen LogP contribution in [0.15, 0.2) is 60.3 Å². The van der Waals surface area contributed by atoms with Gasteiger partial charge >= 0.3 is 0 Å². The lowest BCUT2D eigenvalue weighted by Gasteiger charge is -1.99. The monoisotopic (exact) mass is 358 g/mol. The molecule has 0 atom stereocenters. The van der Waals surface area contributed by atoms with Crippen LogP contribution in [-0.2, 0) is 11.8 Å². The average Bonchev–Trinajstić information content (AvgIpc) is 3.20. The van der Waals surface area contributed by atoms with E-state index in [9.17, 15) is 10.1 Å². The van der Waals surface area contributed by atoms with Crippen LogP contribution in [0.25, 0.3) is 27.2 Å². The Labute approximate surface area is 153 Å². The summed E-state index contributed by atoms with van der Waals surface area (Å²) < 4.78 is 2.96. The molecule has 0 fully saturated rings. The second kappa shape index (κ2) is 6.47. The molecule has 4 rings (SSSR count). The van der Waals surface area contributed by atoms with Crippen molar-refractivity contribution in [2.75, 3.05) is 5.32 Å². The van der Waals surface area contributed by atoms with E-state index in [2.05, 4.69) is 10.3 Å². The van der Waals surface area contributed by atoms with Crippen LogP contribution in [-0.4, -0.2) is 15.5 Å². The van der Waals surface area contributed by atoms with Crippen LogP contribution < -0.4 is 5.32 Å². The average molecular weight is 358 g/mol. The standard InChI is InChI=1S/C20H14N4OS/c1-24-12-14(15-6-2-4-8-17(15)24)10-13(11-21)19(25)23-20-22-16-7-3-5-9-18(16)26-20/h2-10,12H,1H3,(H,22,23,25). The number of aryl methyl sites for hydroxylation is 1. The minimum Gasteiger partial charge on any atom is -0.350 e. The minimum absolute atomic E-state index is 0.0422. The SMILES string of the molecule is Cn1cc(C=C(C#N)C(=O)Nc2nc3ccccc3s2)c2ccccc21. The first kappa shape index (κ1) is 16.1. The number of fused-ring (bicyclic) bond motifs is 2. The van der Waals surface area contributed by atoms with Gasteiger partial charge < -0.3 is 4.57 Å². The van der Waals surface area contributed by atoms with Crippen molar-refractivity contribution in [1.82, 2.24) is 9.55 Å². The Kier molecular flexibility index (Phi) is 3.99. The number of anilines is 1. The van der Waals surface area contributed by atoms with Crippen LogP contribution >= 0.6 is 11.3 Å². The van der Waals surface area contributed by atoms with Crippen LogP contribution in [0, 0.1) is 11.3 Å². The molecule has 2 heterocycles. The minimum atomic E-state index is -0.459. The molecule has 0 saturated heterocycles. The largest absolute Gasteiger partial charge is 0.350 e. The molecule has 0 saturated carbocycles. The fourth-order valence-corrected chi connectivity index (χ4v) is 3.74. The van der Waals surface area contributed by atoms with Gasteiger partial charge in [0.15, 0.2) is 5.13 Å². The molecule has 0 aliphatic rings. The Hall–Kier alpha value is -3.43. The van der Waals surface area contributed by atoms with E-state index < -0.39 is 5.91 Å². The number of hydrogen-bond donors (Lipinski definition) is 1. The van der Waals surface area contributed by atoms with Crippen molar-refractivity contribution < 1.29 is 4.79 Å². The van der Waals surface area contributed by atoms with Crippen molar-refractivity contribution in [3.63, 3.8) is 0 Å². The molecule has 0 spiro atoms. The summed E-state index contributed by atoms with van der Waals surface area (Å²) in [5, 5.41) is 13.7. The second-order valence-electron chi connectivity index (χ2n) is 5.82. The van der Waals surface area contributed by atoms with Gasteiger partial charge in [-0.15, -0.1) is 0 Å². The molecule has 2 aromatic heterocycles. The quantitative estimate of drug-likeness (QED) is 0.438. The molecule has 0 unspecified atom stereocenters. The van der Waals surface area contributed by atoms with Gasteiger partial charge in [-0.3, -0.25) is 10.1 Å². The number of carbonyl (C=O) groups is 1. The van der Waals surface area contributed by atoms with E-state index in [-0.39, 0.29) is 5.57 Å². The smallest absolute Gasteiger partial charge is 0.268 e. The topological polar surface area (TPSA) is 70.7 Å². The molecule has 1 N–H and O–H groups in total. The van der Waals surface area contributed by atoms with E-state index in [1.807, 2.05) is 72.4 Å². The van der Waals surface area contributed by atoms with E-state index in [1.54, 1.807) is 6.08 Å². The summed E-state index contributed by atoms with van der Waals surface area (Å²) in [7, 11) is 1.94. The summed E-state index contributed by atoms with van der Waals surface area (Å²) in [5.41, 5.74) is 2.74. The number of carbonyl (C=O) groups excluding carboxylic acids is 1. The van der Waals surface area contributed by atoms with Gasteiger partial charge in [0.25, 0.3) is 5.91 Å². The van der Waals surface area contributed by atoms with Gasteiger partial charge in [-0.25, -0.2) is 4.98 Å².